The Balaban J connectivity index is 1.58. The van der Waals surface area contributed by atoms with Gasteiger partial charge in [0.05, 0.1) is 16.8 Å². The summed E-state index contributed by atoms with van der Waals surface area (Å²) in [4.78, 5) is 36.1. The van der Waals surface area contributed by atoms with E-state index in [1.54, 1.807) is 24.3 Å². The van der Waals surface area contributed by atoms with Crippen LogP contribution in [0.3, 0.4) is 0 Å². The largest absolute Gasteiger partial charge is 0.508 e. The van der Waals surface area contributed by atoms with E-state index in [1.807, 2.05) is 0 Å². The molecule has 0 atom stereocenters. The maximum atomic E-state index is 12.2. The van der Waals surface area contributed by atoms with Gasteiger partial charge in [-0.3, -0.25) is 9.59 Å². The number of carbonyl (C=O) groups is 3. The first-order valence-electron chi connectivity index (χ1n) is 8.19. The smallest absolute Gasteiger partial charge is 0.338 e. The molecule has 1 fully saturated rings. The molecule has 0 saturated heterocycles. The van der Waals surface area contributed by atoms with Gasteiger partial charge in [-0.1, -0.05) is 18.2 Å². The Kier molecular flexibility index (Phi) is 5.17. The van der Waals surface area contributed by atoms with Crippen LogP contribution in [0.5, 0.6) is 5.75 Å². The molecule has 2 aromatic carbocycles. The quantitative estimate of drug-likeness (QED) is 0.689. The zero-order chi connectivity index (χ0) is 18.5. The summed E-state index contributed by atoms with van der Waals surface area (Å²) in [5, 5.41) is 14.8. The van der Waals surface area contributed by atoms with E-state index in [-0.39, 0.29) is 23.3 Å². The maximum Gasteiger partial charge on any atom is 0.338 e. The van der Waals surface area contributed by atoms with Crippen LogP contribution in [-0.4, -0.2) is 35.5 Å². The summed E-state index contributed by atoms with van der Waals surface area (Å²) < 4.78 is 4.93. The van der Waals surface area contributed by atoms with Crippen LogP contribution >= 0.6 is 0 Å². The summed E-state index contributed by atoms with van der Waals surface area (Å²) in [6, 6.07) is 12.5. The summed E-state index contributed by atoms with van der Waals surface area (Å²) in [6.45, 7) is -0.507. The highest BCUT2D eigenvalue weighted by Gasteiger charge is 2.25. The van der Waals surface area contributed by atoms with Crippen molar-refractivity contribution in [1.82, 2.24) is 5.32 Å². The van der Waals surface area contributed by atoms with Crippen LogP contribution in [0, 0.1) is 0 Å². The minimum absolute atomic E-state index is 0.0699. The molecule has 0 aromatic heterocycles. The molecule has 3 rings (SSSR count). The fourth-order valence-electron chi connectivity index (χ4n) is 2.31. The number of hydrogen-bond acceptors (Lipinski definition) is 5. The lowest BCUT2D eigenvalue weighted by molar-refractivity contribution is -0.119. The number of esters is 1. The lowest BCUT2D eigenvalue weighted by atomic mass is 10.1. The van der Waals surface area contributed by atoms with Crippen LogP contribution in [0.25, 0.3) is 0 Å². The third-order valence-electron chi connectivity index (χ3n) is 3.77. The van der Waals surface area contributed by atoms with Gasteiger partial charge in [0.15, 0.2) is 6.61 Å². The van der Waals surface area contributed by atoms with E-state index in [0.717, 1.165) is 12.8 Å². The van der Waals surface area contributed by atoms with E-state index in [4.69, 9.17) is 4.74 Å². The van der Waals surface area contributed by atoms with Gasteiger partial charge in [0, 0.05) is 6.04 Å². The number of aromatic hydroxyl groups is 1. The third-order valence-corrected chi connectivity index (χ3v) is 3.77. The summed E-state index contributed by atoms with van der Waals surface area (Å²) in [7, 11) is 0. The first-order chi connectivity index (χ1) is 12.5. The van der Waals surface area contributed by atoms with Gasteiger partial charge in [0.25, 0.3) is 11.8 Å². The van der Waals surface area contributed by atoms with E-state index < -0.39 is 18.5 Å². The highest BCUT2D eigenvalue weighted by Crippen LogP contribution is 2.21. The molecule has 7 nitrogen and oxygen atoms in total. The number of ether oxygens (including phenoxy) is 1. The Hall–Kier alpha value is -3.35. The van der Waals surface area contributed by atoms with E-state index >= 15 is 0 Å². The van der Waals surface area contributed by atoms with Gasteiger partial charge >= 0.3 is 5.97 Å². The molecule has 1 aliphatic carbocycles. The molecule has 26 heavy (non-hydrogen) atoms. The van der Waals surface area contributed by atoms with Crippen molar-refractivity contribution in [3.05, 3.63) is 59.7 Å². The molecule has 0 unspecified atom stereocenters. The second kappa shape index (κ2) is 7.69. The fraction of sp³-hybridized carbons (Fsp3) is 0.211. The second-order valence-electron chi connectivity index (χ2n) is 5.97. The van der Waals surface area contributed by atoms with Crippen molar-refractivity contribution in [3.63, 3.8) is 0 Å². The van der Waals surface area contributed by atoms with Crippen molar-refractivity contribution in [1.29, 1.82) is 0 Å². The molecule has 134 valence electrons. The fourth-order valence-corrected chi connectivity index (χ4v) is 2.31. The summed E-state index contributed by atoms with van der Waals surface area (Å²) in [6.07, 6.45) is 1.93. The average Bonchev–Trinajstić information content (AvgIpc) is 3.44. The van der Waals surface area contributed by atoms with Crippen molar-refractivity contribution >= 4 is 23.5 Å². The van der Waals surface area contributed by atoms with Gasteiger partial charge in [-0.2, -0.15) is 0 Å². The second-order valence-corrected chi connectivity index (χ2v) is 5.97. The molecule has 0 aliphatic heterocycles. The van der Waals surface area contributed by atoms with Crippen LogP contribution in [0.2, 0.25) is 0 Å². The Morgan fingerprint density at radius 3 is 2.58 bits per heavy atom. The van der Waals surface area contributed by atoms with Gasteiger partial charge in [-0.05, 0) is 43.2 Å². The maximum absolute atomic E-state index is 12.2. The lowest BCUT2D eigenvalue weighted by Gasteiger charge is -2.11. The van der Waals surface area contributed by atoms with Gasteiger partial charge in [-0.15, -0.1) is 0 Å². The lowest BCUT2D eigenvalue weighted by Crippen LogP contribution is -2.28. The van der Waals surface area contributed by atoms with Crippen LogP contribution in [0.15, 0.2) is 48.5 Å². The molecule has 2 aromatic rings. The predicted molar refractivity (Wildman–Crippen MR) is 93.9 cm³/mol. The highest BCUT2D eigenvalue weighted by atomic mass is 16.5. The molecule has 7 heteroatoms. The molecule has 0 bridgehead atoms. The van der Waals surface area contributed by atoms with Gasteiger partial charge in [0.1, 0.15) is 5.75 Å². The first-order valence-corrected chi connectivity index (χ1v) is 8.19. The van der Waals surface area contributed by atoms with Gasteiger partial charge in [0.2, 0.25) is 0 Å². The number of phenolic OH excluding ortho intramolecular Hbond substituents is 1. The van der Waals surface area contributed by atoms with Crippen LogP contribution < -0.4 is 10.6 Å². The topological polar surface area (TPSA) is 105 Å². The first kappa shape index (κ1) is 17.5. The zero-order valence-corrected chi connectivity index (χ0v) is 13.9. The average molecular weight is 354 g/mol. The Morgan fingerprint density at radius 2 is 1.85 bits per heavy atom. The monoisotopic (exact) mass is 354 g/mol. The number of hydrogen-bond donors (Lipinski definition) is 3. The molecular weight excluding hydrogens is 336 g/mol. The van der Waals surface area contributed by atoms with E-state index in [9.17, 15) is 19.5 Å². The van der Waals surface area contributed by atoms with Crippen LogP contribution in [0.1, 0.15) is 33.6 Å². The highest BCUT2D eigenvalue weighted by molar-refractivity contribution is 6.04. The Labute approximate surface area is 150 Å². The molecule has 1 aliphatic rings. The molecule has 0 spiro atoms. The number of nitrogens with one attached hydrogen (secondary N) is 2. The van der Waals surface area contributed by atoms with Crippen molar-refractivity contribution in [3.8, 4) is 5.75 Å². The molecule has 3 N–H and O–H groups in total. The SMILES string of the molecule is O=C(COC(=O)c1cccc(O)c1)Nc1ccccc1C(=O)NC1CC1. The number of para-hydroxylation sites is 1. The Morgan fingerprint density at radius 1 is 1.08 bits per heavy atom. The van der Waals surface area contributed by atoms with E-state index in [0.29, 0.717) is 11.3 Å². The summed E-state index contributed by atoms with van der Waals surface area (Å²) in [5.74, 6) is -1.61. The number of benzene rings is 2. The van der Waals surface area contributed by atoms with Crippen LogP contribution in [-0.2, 0) is 9.53 Å². The van der Waals surface area contributed by atoms with E-state index in [1.165, 1.54) is 24.3 Å². The van der Waals surface area contributed by atoms with Crippen molar-refractivity contribution < 1.29 is 24.2 Å². The minimum Gasteiger partial charge on any atom is -0.508 e. The van der Waals surface area contributed by atoms with E-state index in [2.05, 4.69) is 10.6 Å². The summed E-state index contributed by atoms with van der Waals surface area (Å²) >= 11 is 0. The minimum atomic E-state index is -0.726. The van der Waals surface area contributed by atoms with Gasteiger partial charge < -0.3 is 20.5 Å². The molecule has 0 heterocycles. The van der Waals surface area contributed by atoms with Crippen molar-refractivity contribution in [2.24, 2.45) is 0 Å². The van der Waals surface area contributed by atoms with Gasteiger partial charge in [-0.25, -0.2) is 4.79 Å². The molecular formula is C19H18N2O5. The number of amides is 2. The Bertz CT molecular complexity index is 845. The zero-order valence-electron chi connectivity index (χ0n) is 13.9. The standard InChI is InChI=1S/C19H18N2O5/c22-14-5-3-4-12(10-14)19(25)26-11-17(23)21-16-7-2-1-6-15(16)18(24)20-13-8-9-13/h1-7,10,13,22H,8-9,11H2,(H,20,24)(H,21,23). The molecule has 0 radical (unpaired) electrons. The summed E-state index contributed by atoms with van der Waals surface area (Å²) in [5.41, 5.74) is 0.845. The number of phenols is 1. The third kappa shape index (κ3) is 4.60. The van der Waals surface area contributed by atoms with Crippen LogP contribution in [0.4, 0.5) is 5.69 Å². The normalized spacial score (nSPS) is 12.9. The van der Waals surface area contributed by atoms with Crippen molar-refractivity contribution in [2.45, 2.75) is 18.9 Å². The number of carbonyl (C=O) groups excluding carboxylic acids is 3. The molecule has 1 saturated carbocycles. The van der Waals surface area contributed by atoms with Crippen molar-refractivity contribution in [2.75, 3.05) is 11.9 Å². The predicted octanol–water partition coefficient (Wildman–Crippen LogP) is 2.08. The number of anilines is 1. The molecule has 2 amide bonds. The number of rotatable bonds is 6.